The number of thioether (sulfide) groups is 1. The highest BCUT2D eigenvalue weighted by atomic mass is 79.9. The summed E-state index contributed by atoms with van der Waals surface area (Å²) < 4.78 is 27.1. The summed E-state index contributed by atoms with van der Waals surface area (Å²) >= 11 is 4.81. The van der Waals surface area contributed by atoms with Crippen LogP contribution in [-0.2, 0) is 0 Å². The standard InChI is InChI=1S/C11H14BrF2NS/c1-16-5-3-2-4-15-11-9(13)6-8(12)7-10(11)14/h6-7,15H,2-5H2,1H3. The van der Waals surface area contributed by atoms with Crippen LogP contribution in [0.2, 0.25) is 0 Å². The maximum Gasteiger partial charge on any atom is 0.150 e. The second-order valence-corrected chi connectivity index (χ2v) is 5.27. The SMILES string of the molecule is CSCCCCNc1c(F)cc(Br)cc1F. The van der Waals surface area contributed by atoms with Crippen LogP contribution in [0, 0.1) is 11.6 Å². The summed E-state index contributed by atoms with van der Waals surface area (Å²) in [6.07, 6.45) is 4.01. The molecule has 0 saturated heterocycles. The summed E-state index contributed by atoms with van der Waals surface area (Å²) in [4.78, 5) is 0. The van der Waals surface area contributed by atoms with Crippen molar-refractivity contribution in [2.24, 2.45) is 0 Å². The van der Waals surface area contributed by atoms with Crippen molar-refractivity contribution in [1.29, 1.82) is 0 Å². The number of hydrogen-bond donors (Lipinski definition) is 1. The van der Waals surface area contributed by atoms with Crippen LogP contribution < -0.4 is 5.32 Å². The molecule has 0 bridgehead atoms. The molecule has 0 saturated carbocycles. The van der Waals surface area contributed by atoms with Crippen molar-refractivity contribution >= 4 is 33.4 Å². The van der Waals surface area contributed by atoms with E-state index in [4.69, 9.17) is 0 Å². The van der Waals surface area contributed by atoms with Crippen LogP contribution in [0.1, 0.15) is 12.8 Å². The van der Waals surface area contributed by atoms with Gasteiger partial charge in [-0.25, -0.2) is 8.78 Å². The average Bonchev–Trinajstić information content (AvgIpc) is 2.20. The van der Waals surface area contributed by atoms with E-state index in [0.29, 0.717) is 11.0 Å². The molecule has 0 aromatic heterocycles. The normalized spacial score (nSPS) is 10.5. The van der Waals surface area contributed by atoms with Gasteiger partial charge in [-0.15, -0.1) is 0 Å². The summed E-state index contributed by atoms with van der Waals surface area (Å²) in [5.74, 6) is -0.0408. The number of benzene rings is 1. The maximum absolute atomic E-state index is 13.4. The molecule has 0 unspecified atom stereocenters. The Morgan fingerprint density at radius 1 is 1.25 bits per heavy atom. The van der Waals surface area contributed by atoms with E-state index in [2.05, 4.69) is 21.2 Å². The van der Waals surface area contributed by atoms with E-state index in [1.807, 2.05) is 6.26 Å². The Morgan fingerprint density at radius 2 is 1.88 bits per heavy atom. The molecule has 0 aliphatic rings. The first-order valence-corrected chi connectivity index (χ1v) is 7.21. The number of nitrogens with one attached hydrogen (secondary N) is 1. The molecule has 0 heterocycles. The van der Waals surface area contributed by atoms with Gasteiger partial charge in [-0.2, -0.15) is 11.8 Å². The Bertz CT molecular complexity index is 324. The number of anilines is 1. The molecule has 1 rings (SSSR count). The lowest BCUT2D eigenvalue weighted by molar-refractivity contribution is 0.586. The Balaban J connectivity index is 2.47. The molecule has 90 valence electrons. The minimum absolute atomic E-state index is 0.0349. The van der Waals surface area contributed by atoms with Crippen molar-refractivity contribution in [3.8, 4) is 0 Å². The van der Waals surface area contributed by atoms with Gasteiger partial charge in [0.05, 0.1) is 0 Å². The third-order valence-corrected chi connectivity index (χ3v) is 3.24. The van der Waals surface area contributed by atoms with E-state index >= 15 is 0 Å². The molecule has 0 amide bonds. The highest BCUT2D eigenvalue weighted by Gasteiger charge is 2.09. The van der Waals surface area contributed by atoms with Gasteiger partial charge in [0, 0.05) is 11.0 Å². The van der Waals surface area contributed by atoms with Gasteiger partial charge >= 0.3 is 0 Å². The number of unbranched alkanes of at least 4 members (excludes halogenated alkanes) is 1. The molecule has 0 fully saturated rings. The molecule has 1 N–H and O–H groups in total. The zero-order chi connectivity index (χ0) is 12.0. The molecule has 0 atom stereocenters. The van der Waals surface area contributed by atoms with E-state index < -0.39 is 11.6 Å². The van der Waals surface area contributed by atoms with Gasteiger partial charge in [0.25, 0.3) is 0 Å². The first kappa shape index (κ1) is 13.8. The highest BCUT2D eigenvalue weighted by Crippen LogP contribution is 2.23. The Hall–Kier alpha value is -0.290. The van der Waals surface area contributed by atoms with Crippen molar-refractivity contribution < 1.29 is 8.78 Å². The van der Waals surface area contributed by atoms with Crippen LogP contribution in [0.15, 0.2) is 16.6 Å². The second kappa shape index (κ2) is 7.12. The fourth-order valence-electron chi connectivity index (χ4n) is 1.30. The monoisotopic (exact) mass is 309 g/mol. The van der Waals surface area contributed by atoms with Gasteiger partial charge in [0.15, 0.2) is 0 Å². The van der Waals surface area contributed by atoms with Crippen LogP contribution in [-0.4, -0.2) is 18.6 Å². The van der Waals surface area contributed by atoms with Crippen LogP contribution in [0.3, 0.4) is 0 Å². The molecule has 0 spiro atoms. The van der Waals surface area contributed by atoms with Crippen LogP contribution in [0.5, 0.6) is 0 Å². The number of hydrogen-bond acceptors (Lipinski definition) is 2. The first-order valence-electron chi connectivity index (χ1n) is 5.02. The van der Waals surface area contributed by atoms with Gasteiger partial charge in [-0.05, 0) is 37.0 Å². The van der Waals surface area contributed by atoms with E-state index in [1.54, 1.807) is 11.8 Å². The van der Waals surface area contributed by atoms with E-state index in [1.165, 1.54) is 12.1 Å². The van der Waals surface area contributed by atoms with Crippen molar-refractivity contribution in [2.45, 2.75) is 12.8 Å². The zero-order valence-corrected chi connectivity index (χ0v) is 11.4. The van der Waals surface area contributed by atoms with E-state index in [9.17, 15) is 8.78 Å². The summed E-state index contributed by atoms with van der Waals surface area (Å²) in [6.45, 7) is 0.593. The third kappa shape index (κ3) is 4.29. The van der Waals surface area contributed by atoms with Gasteiger partial charge in [-0.1, -0.05) is 15.9 Å². The Kier molecular flexibility index (Phi) is 6.13. The number of halogens is 3. The summed E-state index contributed by atoms with van der Waals surface area (Å²) in [5.41, 5.74) is -0.0349. The molecular formula is C11H14BrF2NS. The minimum atomic E-state index is -0.559. The third-order valence-electron chi connectivity index (χ3n) is 2.08. The minimum Gasteiger partial charge on any atom is -0.380 e. The lowest BCUT2D eigenvalue weighted by atomic mass is 10.2. The number of rotatable bonds is 6. The molecule has 1 nitrogen and oxygen atoms in total. The van der Waals surface area contributed by atoms with Crippen molar-refractivity contribution in [2.75, 3.05) is 23.9 Å². The van der Waals surface area contributed by atoms with Gasteiger partial charge in [0.2, 0.25) is 0 Å². The van der Waals surface area contributed by atoms with Crippen LogP contribution in [0.4, 0.5) is 14.5 Å². The highest BCUT2D eigenvalue weighted by molar-refractivity contribution is 9.10. The molecular weight excluding hydrogens is 296 g/mol. The molecule has 0 aliphatic carbocycles. The summed E-state index contributed by atoms with van der Waals surface area (Å²) in [6, 6.07) is 2.51. The molecule has 1 aromatic rings. The fraction of sp³-hybridized carbons (Fsp3) is 0.455. The van der Waals surface area contributed by atoms with Gasteiger partial charge in [-0.3, -0.25) is 0 Å². The second-order valence-electron chi connectivity index (χ2n) is 3.37. The predicted molar refractivity (Wildman–Crippen MR) is 70.2 cm³/mol. The predicted octanol–water partition coefficient (Wildman–Crippen LogP) is 4.28. The quantitative estimate of drug-likeness (QED) is 0.787. The topological polar surface area (TPSA) is 12.0 Å². The molecule has 5 heteroatoms. The van der Waals surface area contributed by atoms with Crippen LogP contribution in [0.25, 0.3) is 0 Å². The van der Waals surface area contributed by atoms with Crippen molar-refractivity contribution in [3.05, 3.63) is 28.2 Å². The smallest absolute Gasteiger partial charge is 0.150 e. The zero-order valence-electron chi connectivity index (χ0n) is 9.03. The summed E-state index contributed by atoms with van der Waals surface area (Å²) in [7, 11) is 0. The van der Waals surface area contributed by atoms with Crippen LogP contribution >= 0.6 is 27.7 Å². The lowest BCUT2D eigenvalue weighted by Crippen LogP contribution is -2.06. The lowest BCUT2D eigenvalue weighted by Gasteiger charge is -2.08. The fourth-order valence-corrected chi connectivity index (χ4v) is 2.19. The van der Waals surface area contributed by atoms with Gasteiger partial charge < -0.3 is 5.32 Å². The molecule has 1 aromatic carbocycles. The maximum atomic E-state index is 13.4. The molecule has 16 heavy (non-hydrogen) atoms. The molecule has 0 radical (unpaired) electrons. The van der Waals surface area contributed by atoms with Crippen molar-refractivity contribution in [3.63, 3.8) is 0 Å². The van der Waals surface area contributed by atoms with E-state index in [0.717, 1.165) is 18.6 Å². The largest absolute Gasteiger partial charge is 0.380 e. The molecule has 0 aliphatic heterocycles. The summed E-state index contributed by atoms with van der Waals surface area (Å²) in [5, 5.41) is 2.79. The van der Waals surface area contributed by atoms with E-state index in [-0.39, 0.29) is 5.69 Å². The van der Waals surface area contributed by atoms with Gasteiger partial charge in [0.1, 0.15) is 17.3 Å². The first-order chi connectivity index (χ1) is 7.65. The van der Waals surface area contributed by atoms with Crippen molar-refractivity contribution in [1.82, 2.24) is 0 Å². The Labute approximate surface area is 107 Å². The average molecular weight is 310 g/mol. The Morgan fingerprint density at radius 3 is 2.44 bits per heavy atom.